The fraction of sp³-hybridized carbons (Fsp3) is 0.250. The molecular formula is C28H23N3O4S. The minimum Gasteiger partial charge on any atom is -0.307 e. The van der Waals surface area contributed by atoms with Gasteiger partial charge in [0.25, 0.3) is 5.91 Å². The summed E-state index contributed by atoms with van der Waals surface area (Å²) in [6.07, 6.45) is 1.89. The number of carbonyl (C=O) groups excluding carboxylic acids is 2. The van der Waals surface area contributed by atoms with Gasteiger partial charge in [-0.25, -0.2) is 13.1 Å². The van der Waals surface area contributed by atoms with E-state index >= 15 is 0 Å². The van der Waals surface area contributed by atoms with Crippen LogP contribution in [0.4, 0.5) is 5.69 Å². The highest BCUT2D eigenvalue weighted by Crippen LogP contribution is 2.66. The molecule has 2 aliphatic carbocycles. The molecule has 1 heterocycles. The number of hydrogen-bond donors (Lipinski definition) is 1. The number of nitriles is 1. The molecule has 0 saturated heterocycles. The largest absolute Gasteiger partial charge is 0.307 e. The topological polar surface area (TPSA) is 107 Å². The van der Waals surface area contributed by atoms with E-state index in [1.54, 1.807) is 41.3 Å². The van der Waals surface area contributed by atoms with Crippen molar-refractivity contribution in [1.29, 1.82) is 5.26 Å². The molecule has 8 heteroatoms. The Morgan fingerprint density at radius 3 is 2.39 bits per heavy atom. The molecule has 180 valence electrons. The van der Waals surface area contributed by atoms with Crippen LogP contribution in [0.1, 0.15) is 57.8 Å². The van der Waals surface area contributed by atoms with E-state index in [-0.39, 0.29) is 17.4 Å². The SMILES string of the molecule is N#Cc1ccc([C@H]2C[C@]23C(=O)N(Cc2ccc(C(=O)NS(=O)(=O)C4CC4)cc2)c2ccccc23)cc1. The first-order valence-corrected chi connectivity index (χ1v) is 13.4. The molecule has 3 aromatic carbocycles. The van der Waals surface area contributed by atoms with Gasteiger partial charge in [0.2, 0.25) is 15.9 Å². The highest BCUT2D eigenvalue weighted by molar-refractivity contribution is 7.91. The van der Waals surface area contributed by atoms with Crippen LogP contribution in [-0.2, 0) is 26.8 Å². The Hall–Kier alpha value is -3.96. The van der Waals surface area contributed by atoms with E-state index in [4.69, 9.17) is 5.26 Å². The van der Waals surface area contributed by atoms with Crippen LogP contribution < -0.4 is 9.62 Å². The van der Waals surface area contributed by atoms with Gasteiger partial charge in [0, 0.05) is 17.2 Å². The first kappa shape index (κ1) is 22.5. The third-order valence-electron chi connectivity index (χ3n) is 7.46. The third kappa shape index (κ3) is 3.59. The molecule has 1 spiro atoms. The highest BCUT2D eigenvalue weighted by Gasteiger charge is 2.67. The number of hydrogen-bond acceptors (Lipinski definition) is 5. The van der Waals surface area contributed by atoms with Crippen molar-refractivity contribution in [3.8, 4) is 6.07 Å². The lowest BCUT2D eigenvalue weighted by Crippen LogP contribution is -2.33. The molecular weight excluding hydrogens is 474 g/mol. The van der Waals surface area contributed by atoms with Crippen LogP contribution in [0.5, 0.6) is 0 Å². The highest BCUT2D eigenvalue weighted by atomic mass is 32.2. The average molecular weight is 498 g/mol. The Balaban J connectivity index is 1.22. The zero-order valence-electron chi connectivity index (χ0n) is 19.3. The maximum atomic E-state index is 13.8. The standard InChI is InChI=1S/C28H23N3O4S/c29-16-18-5-9-20(10-6-18)24-15-28(24)23-3-1-2-4-25(23)31(27(28)33)17-19-7-11-21(12-8-19)26(32)30-36(34,35)22-13-14-22/h1-12,22,24H,13-15,17H2,(H,30,32)/t24-,28-/m1/s1. The van der Waals surface area contributed by atoms with Crippen molar-refractivity contribution in [2.45, 2.75) is 42.4 Å². The zero-order chi connectivity index (χ0) is 25.1. The zero-order valence-corrected chi connectivity index (χ0v) is 20.2. The Labute approximate surface area is 209 Å². The lowest BCUT2D eigenvalue weighted by Gasteiger charge is -2.19. The molecule has 0 unspecified atom stereocenters. The minimum absolute atomic E-state index is 0.0513. The van der Waals surface area contributed by atoms with Crippen molar-refractivity contribution in [1.82, 2.24) is 4.72 Å². The second-order valence-electron chi connectivity index (χ2n) is 9.74. The van der Waals surface area contributed by atoms with Crippen LogP contribution in [0.15, 0.2) is 72.8 Å². The number of carbonyl (C=O) groups is 2. The molecule has 2 saturated carbocycles. The molecule has 0 radical (unpaired) electrons. The molecule has 0 bridgehead atoms. The third-order valence-corrected chi connectivity index (χ3v) is 9.28. The molecule has 0 aromatic heterocycles. The van der Waals surface area contributed by atoms with Crippen LogP contribution in [0.3, 0.4) is 0 Å². The number of rotatable bonds is 6. The van der Waals surface area contributed by atoms with Gasteiger partial charge in [0.05, 0.1) is 28.8 Å². The van der Waals surface area contributed by atoms with Crippen LogP contribution in [0.25, 0.3) is 0 Å². The monoisotopic (exact) mass is 497 g/mol. The molecule has 1 N–H and O–H groups in total. The number of anilines is 1. The molecule has 2 atom stereocenters. The van der Waals surface area contributed by atoms with Gasteiger partial charge in [-0.05, 0) is 66.3 Å². The van der Waals surface area contributed by atoms with Gasteiger partial charge in [-0.15, -0.1) is 0 Å². The van der Waals surface area contributed by atoms with Gasteiger partial charge in [-0.2, -0.15) is 5.26 Å². The summed E-state index contributed by atoms with van der Waals surface area (Å²) >= 11 is 0. The molecule has 3 aliphatic rings. The van der Waals surface area contributed by atoms with Crippen LogP contribution in [0, 0.1) is 11.3 Å². The Morgan fingerprint density at radius 2 is 1.72 bits per heavy atom. The number of sulfonamides is 1. The van der Waals surface area contributed by atoms with Crippen molar-refractivity contribution in [2.24, 2.45) is 0 Å². The van der Waals surface area contributed by atoms with Crippen LogP contribution in [0.2, 0.25) is 0 Å². The van der Waals surface area contributed by atoms with E-state index in [0.29, 0.717) is 24.9 Å². The van der Waals surface area contributed by atoms with Gasteiger partial charge in [-0.3, -0.25) is 9.59 Å². The summed E-state index contributed by atoms with van der Waals surface area (Å²) in [6.45, 7) is 0.347. The smallest absolute Gasteiger partial charge is 0.264 e. The second-order valence-corrected chi connectivity index (χ2v) is 11.7. The van der Waals surface area contributed by atoms with E-state index in [1.165, 1.54) is 0 Å². The van der Waals surface area contributed by atoms with Crippen LogP contribution in [-0.4, -0.2) is 25.5 Å². The van der Waals surface area contributed by atoms with E-state index < -0.39 is 26.6 Å². The quantitative estimate of drug-likeness (QED) is 0.558. The lowest BCUT2D eigenvalue weighted by atomic mass is 9.92. The van der Waals surface area contributed by atoms with E-state index in [0.717, 1.165) is 28.8 Å². The molecule has 36 heavy (non-hydrogen) atoms. The predicted octanol–water partition coefficient (Wildman–Crippen LogP) is 3.75. The number of para-hydroxylation sites is 1. The fourth-order valence-corrected chi connectivity index (χ4v) is 6.59. The van der Waals surface area contributed by atoms with Gasteiger partial charge in [0.1, 0.15) is 0 Å². The predicted molar refractivity (Wildman–Crippen MR) is 134 cm³/mol. The average Bonchev–Trinajstić information content (AvgIpc) is 3.81. The van der Waals surface area contributed by atoms with Gasteiger partial charge in [0.15, 0.2) is 0 Å². The summed E-state index contributed by atoms with van der Waals surface area (Å²) in [6, 6.07) is 24.1. The number of nitrogens with zero attached hydrogens (tertiary/aromatic N) is 2. The lowest BCUT2D eigenvalue weighted by molar-refractivity contribution is -0.120. The number of fused-ring (bicyclic) bond motifs is 2. The van der Waals surface area contributed by atoms with Crippen molar-refractivity contribution < 1.29 is 18.0 Å². The van der Waals surface area contributed by atoms with Gasteiger partial charge in [-0.1, -0.05) is 42.5 Å². The summed E-state index contributed by atoms with van der Waals surface area (Å²) in [5.41, 5.74) is 4.05. The Morgan fingerprint density at radius 1 is 1.03 bits per heavy atom. The maximum absolute atomic E-state index is 13.8. The minimum atomic E-state index is -3.61. The number of benzene rings is 3. The van der Waals surface area contributed by atoms with Crippen molar-refractivity contribution in [2.75, 3.05) is 4.90 Å². The van der Waals surface area contributed by atoms with Crippen molar-refractivity contribution in [3.05, 3.63) is 101 Å². The molecule has 2 fully saturated rings. The molecule has 7 nitrogen and oxygen atoms in total. The van der Waals surface area contributed by atoms with Gasteiger partial charge >= 0.3 is 0 Å². The van der Waals surface area contributed by atoms with E-state index in [1.807, 2.05) is 36.4 Å². The fourth-order valence-electron chi connectivity index (χ4n) is 5.29. The molecule has 3 aromatic rings. The summed E-state index contributed by atoms with van der Waals surface area (Å²) in [4.78, 5) is 28.0. The Kier molecular flexibility index (Phi) is 5.02. The summed E-state index contributed by atoms with van der Waals surface area (Å²) < 4.78 is 26.3. The van der Waals surface area contributed by atoms with E-state index in [2.05, 4.69) is 10.8 Å². The summed E-state index contributed by atoms with van der Waals surface area (Å²) in [7, 11) is -3.61. The summed E-state index contributed by atoms with van der Waals surface area (Å²) in [5, 5.41) is 8.63. The van der Waals surface area contributed by atoms with Gasteiger partial charge < -0.3 is 4.90 Å². The second kappa shape index (κ2) is 8.04. The normalized spacial score (nSPS) is 22.2. The van der Waals surface area contributed by atoms with E-state index in [9.17, 15) is 18.0 Å². The Bertz CT molecular complexity index is 1540. The number of amides is 2. The first-order valence-electron chi connectivity index (χ1n) is 11.9. The maximum Gasteiger partial charge on any atom is 0.264 e. The van der Waals surface area contributed by atoms with Crippen molar-refractivity contribution in [3.63, 3.8) is 0 Å². The van der Waals surface area contributed by atoms with Crippen LogP contribution >= 0.6 is 0 Å². The molecule has 2 amide bonds. The number of nitrogens with one attached hydrogen (secondary N) is 1. The molecule has 1 aliphatic heterocycles. The summed E-state index contributed by atoms with van der Waals surface area (Å²) in [5.74, 6) is -0.531. The van der Waals surface area contributed by atoms with Crippen molar-refractivity contribution >= 4 is 27.5 Å². The first-order chi connectivity index (χ1) is 17.3. The molecule has 6 rings (SSSR count).